The van der Waals surface area contributed by atoms with Gasteiger partial charge in [-0.2, -0.15) is 0 Å². The summed E-state index contributed by atoms with van der Waals surface area (Å²) < 4.78 is 12.9. The van der Waals surface area contributed by atoms with E-state index in [4.69, 9.17) is 9.15 Å². The van der Waals surface area contributed by atoms with E-state index < -0.39 is 0 Å². The molecule has 1 aliphatic rings. The van der Waals surface area contributed by atoms with E-state index in [2.05, 4.69) is 150 Å². The van der Waals surface area contributed by atoms with E-state index in [1.807, 2.05) is 18.2 Å². The average molecular weight is 602 g/mol. The maximum atomic E-state index is 6.68. The van der Waals surface area contributed by atoms with E-state index in [1.54, 1.807) is 0 Å². The average Bonchev–Trinajstić information content (AvgIpc) is 3.51. The van der Waals surface area contributed by atoms with E-state index in [1.165, 1.54) is 21.9 Å². The van der Waals surface area contributed by atoms with Crippen LogP contribution in [-0.2, 0) is 0 Å². The molecule has 9 aromatic rings. The lowest BCUT2D eigenvalue weighted by Gasteiger charge is -2.29. The van der Waals surface area contributed by atoms with Crippen molar-refractivity contribution >= 4 is 60.5 Å². The Morgan fingerprint density at radius 2 is 1.17 bits per heavy atom. The molecule has 10 rings (SSSR count). The first-order chi connectivity index (χ1) is 23.3. The maximum absolute atomic E-state index is 6.68. The smallest absolute Gasteiger partial charge is 0.136 e. The highest BCUT2D eigenvalue weighted by Gasteiger charge is 2.25. The summed E-state index contributed by atoms with van der Waals surface area (Å²) in [5.74, 6) is 1.74. The first-order valence-corrected chi connectivity index (χ1v) is 15.9. The molecule has 0 amide bonds. The fraction of sp³-hybridized carbons (Fsp3) is 0. The molecule has 1 aromatic heterocycles. The molecule has 0 saturated carbocycles. The molecule has 220 valence electrons. The van der Waals surface area contributed by atoms with Crippen molar-refractivity contribution in [2.75, 3.05) is 4.90 Å². The molecular weight excluding hydrogens is 574 g/mol. The number of nitrogens with zero attached hydrogens (tertiary/aromatic N) is 1. The second kappa shape index (κ2) is 10.1. The molecule has 8 aromatic carbocycles. The van der Waals surface area contributed by atoms with E-state index >= 15 is 0 Å². The summed E-state index contributed by atoms with van der Waals surface area (Å²) in [4.78, 5) is 2.37. The van der Waals surface area contributed by atoms with Crippen LogP contribution in [-0.4, -0.2) is 0 Å². The Morgan fingerprint density at radius 3 is 2.11 bits per heavy atom. The molecule has 0 bridgehead atoms. The molecule has 0 fully saturated rings. The third kappa shape index (κ3) is 4.07. The van der Waals surface area contributed by atoms with Crippen LogP contribution in [0.4, 0.5) is 17.1 Å². The van der Waals surface area contributed by atoms with Gasteiger partial charge in [0, 0.05) is 38.5 Å². The van der Waals surface area contributed by atoms with Crippen LogP contribution in [0.1, 0.15) is 0 Å². The van der Waals surface area contributed by atoms with Crippen LogP contribution in [0.3, 0.4) is 0 Å². The predicted molar refractivity (Wildman–Crippen MR) is 194 cm³/mol. The molecule has 0 atom stereocenters. The van der Waals surface area contributed by atoms with Crippen LogP contribution < -0.4 is 9.64 Å². The number of rotatable bonds is 4. The summed E-state index contributed by atoms with van der Waals surface area (Å²) in [5, 5.41) is 6.86. The summed E-state index contributed by atoms with van der Waals surface area (Å²) in [7, 11) is 0. The molecule has 3 heteroatoms. The van der Waals surface area contributed by atoms with Crippen LogP contribution in [0, 0.1) is 0 Å². The van der Waals surface area contributed by atoms with Gasteiger partial charge in [0.2, 0.25) is 0 Å². The Kier molecular flexibility index (Phi) is 5.57. The first kappa shape index (κ1) is 26.0. The number of fused-ring (bicyclic) bond motifs is 6. The molecule has 3 nitrogen and oxygen atoms in total. The van der Waals surface area contributed by atoms with Crippen LogP contribution in [0.2, 0.25) is 0 Å². The summed E-state index contributed by atoms with van der Waals surface area (Å²) in [6.07, 6.45) is 0. The molecule has 0 radical (unpaired) electrons. The SMILES string of the molecule is c1ccc(-c2ccc3c(c2)Oc2ccc(N(c4ccc5ccccc5c4)c4ccc5oc6ccccc6c5c4)c4cccc-3c24)cc1. The van der Waals surface area contributed by atoms with Crippen molar-refractivity contribution in [1.82, 2.24) is 0 Å². The lowest BCUT2D eigenvalue weighted by atomic mass is 9.92. The fourth-order valence-corrected chi connectivity index (χ4v) is 7.22. The largest absolute Gasteiger partial charge is 0.456 e. The standard InChI is InChI=1S/C44H27NO2/c1-2-9-28(10-3-1)31-18-21-35-36-14-8-15-37-39(22-24-42(44(36)37)47-43(35)26-31)45(32-19-17-29-11-4-5-12-30(29)25-32)33-20-23-41-38(27-33)34-13-6-7-16-40(34)46-41/h1-27H. The zero-order valence-electron chi connectivity index (χ0n) is 25.4. The van der Waals surface area contributed by atoms with Crippen LogP contribution in [0.15, 0.2) is 168 Å². The molecule has 0 N–H and O–H groups in total. The number of furan rings is 1. The Bertz CT molecular complexity index is 2670. The Labute approximate surface area is 271 Å². The van der Waals surface area contributed by atoms with Crippen LogP contribution in [0.5, 0.6) is 11.5 Å². The summed E-state index contributed by atoms with van der Waals surface area (Å²) in [6, 6.07) is 57.9. The maximum Gasteiger partial charge on any atom is 0.136 e. The highest BCUT2D eigenvalue weighted by molar-refractivity contribution is 6.12. The molecule has 0 saturated heterocycles. The zero-order chi connectivity index (χ0) is 30.9. The van der Waals surface area contributed by atoms with Gasteiger partial charge < -0.3 is 14.1 Å². The van der Waals surface area contributed by atoms with Gasteiger partial charge in [-0.15, -0.1) is 0 Å². The molecule has 0 unspecified atom stereocenters. The number of hydrogen-bond donors (Lipinski definition) is 0. The van der Waals surface area contributed by atoms with Gasteiger partial charge >= 0.3 is 0 Å². The molecule has 0 spiro atoms. The van der Waals surface area contributed by atoms with Gasteiger partial charge in [-0.05, 0) is 88.1 Å². The van der Waals surface area contributed by atoms with Crippen molar-refractivity contribution in [1.29, 1.82) is 0 Å². The Hall–Kier alpha value is -6.32. The lowest BCUT2D eigenvalue weighted by molar-refractivity contribution is 0.487. The van der Waals surface area contributed by atoms with Gasteiger partial charge in [0.1, 0.15) is 22.7 Å². The monoisotopic (exact) mass is 601 g/mol. The van der Waals surface area contributed by atoms with Gasteiger partial charge in [-0.3, -0.25) is 0 Å². The van der Waals surface area contributed by atoms with E-state index in [9.17, 15) is 0 Å². The van der Waals surface area contributed by atoms with Gasteiger partial charge in [0.15, 0.2) is 0 Å². The molecule has 0 aliphatic carbocycles. The minimum absolute atomic E-state index is 0.867. The van der Waals surface area contributed by atoms with Crippen molar-refractivity contribution in [3.8, 4) is 33.8 Å². The molecular formula is C44H27NO2. The summed E-state index contributed by atoms with van der Waals surface area (Å²) in [6.45, 7) is 0. The molecule has 47 heavy (non-hydrogen) atoms. The van der Waals surface area contributed by atoms with E-state index in [-0.39, 0.29) is 0 Å². The third-order valence-electron chi connectivity index (χ3n) is 9.43. The second-order valence-corrected chi connectivity index (χ2v) is 12.1. The molecule has 1 aliphatic heterocycles. The fourth-order valence-electron chi connectivity index (χ4n) is 7.22. The Morgan fingerprint density at radius 1 is 0.404 bits per heavy atom. The van der Waals surface area contributed by atoms with Crippen molar-refractivity contribution in [2.24, 2.45) is 0 Å². The van der Waals surface area contributed by atoms with Crippen molar-refractivity contribution in [3.63, 3.8) is 0 Å². The zero-order valence-corrected chi connectivity index (χ0v) is 25.4. The normalized spacial score (nSPS) is 12.0. The van der Waals surface area contributed by atoms with Crippen molar-refractivity contribution in [3.05, 3.63) is 164 Å². The van der Waals surface area contributed by atoms with Crippen molar-refractivity contribution in [2.45, 2.75) is 0 Å². The Balaban J connectivity index is 1.20. The van der Waals surface area contributed by atoms with Gasteiger partial charge in [-0.1, -0.05) is 103 Å². The molecule has 2 heterocycles. The summed E-state index contributed by atoms with van der Waals surface area (Å²) in [5.41, 5.74) is 9.59. The lowest BCUT2D eigenvalue weighted by Crippen LogP contribution is -2.11. The number of ether oxygens (including phenoxy) is 1. The van der Waals surface area contributed by atoms with Crippen LogP contribution in [0.25, 0.3) is 65.7 Å². The number of hydrogen-bond acceptors (Lipinski definition) is 3. The van der Waals surface area contributed by atoms with Gasteiger partial charge in [-0.25, -0.2) is 0 Å². The third-order valence-corrected chi connectivity index (χ3v) is 9.43. The van der Waals surface area contributed by atoms with E-state index in [0.29, 0.717) is 0 Å². The van der Waals surface area contributed by atoms with E-state index in [0.717, 1.165) is 72.4 Å². The minimum atomic E-state index is 0.867. The highest BCUT2D eigenvalue weighted by Crippen LogP contribution is 2.51. The van der Waals surface area contributed by atoms with Gasteiger partial charge in [0.25, 0.3) is 0 Å². The predicted octanol–water partition coefficient (Wildman–Crippen LogP) is 12.8. The number of para-hydroxylation sites is 1. The topological polar surface area (TPSA) is 25.6 Å². The minimum Gasteiger partial charge on any atom is -0.456 e. The highest BCUT2D eigenvalue weighted by atomic mass is 16.5. The van der Waals surface area contributed by atoms with Gasteiger partial charge in [0.05, 0.1) is 5.69 Å². The quantitative estimate of drug-likeness (QED) is 0.201. The number of anilines is 3. The first-order valence-electron chi connectivity index (χ1n) is 15.9. The van der Waals surface area contributed by atoms with Crippen LogP contribution >= 0.6 is 0 Å². The number of benzene rings is 8. The summed E-state index contributed by atoms with van der Waals surface area (Å²) >= 11 is 0. The van der Waals surface area contributed by atoms with Crippen molar-refractivity contribution < 1.29 is 9.15 Å². The second-order valence-electron chi connectivity index (χ2n) is 12.1.